The van der Waals surface area contributed by atoms with E-state index in [0.29, 0.717) is 11.4 Å². The maximum atomic E-state index is 8.66. The first-order valence-electron chi connectivity index (χ1n) is 9.41. The Bertz CT molecular complexity index is 760. The molecule has 2 rings (SSSR count). The van der Waals surface area contributed by atoms with Gasteiger partial charge in [-0.05, 0) is 57.5 Å². The number of aromatic nitrogens is 3. The molecule has 2 aromatic rings. The predicted octanol–water partition coefficient (Wildman–Crippen LogP) is 4.55. The van der Waals surface area contributed by atoms with Crippen LogP contribution in [0.2, 0.25) is 0 Å². The molecule has 0 aromatic carbocycles. The normalized spacial score (nSPS) is 8.73. The van der Waals surface area contributed by atoms with Crippen molar-refractivity contribution in [1.29, 1.82) is 5.26 Å². The monoisotopic (exact) mass is 412 g/mol. The molecule has 0 saturated carbocycles. The molecule has 2 heterocycles. The number of nitrogens with zero attached hydrogens (tertiary/aromatic N) is 5. The van der Waals surface area contributed by atoms with Gasteiger partial charge in [0.25, 0.3) is 0 Å². The largest absolute Gasteiger partial charge is 0.405 e. The summed E-state index contributed by atoms with van der Waals surface area (Å²) in [6, 6.07) is 7.23. The van der Waals surface area contributed by atoms with Crippen LogP contribution in [0.25, 0.3) is 11.9 Å². The quantitative estimate of drug-likeness (QED) is 0.567. The molecule has 7 heteroatoms. The Morgan fingerprint density at radius 2 is 1.87 bits per heavy atom. The Morgan fingerprint density at radius 1 is 1.33 bits per heavy atom. The lowest BCUT2D eigenvalue weighted by molar-refractivity contribution is 0.343. The van der Waals surface area contributed by atoms with Gasteiger partial charge in [0.05, 0.1) is 17.9 Å². The predicted molar refractivity (Wildman–Crippen MR) is 129 cm³/mol. The summed E-state index contributed by atoms with van der Waals surface area (Å²) in [4.78, 5) is 7.73. The zero-order valence-electron chi connectivity index (χ0n) is 19.1. The van der Waals surface area contributed by atoms with Crippen molar-refractivity contribution in [3.05, 3.63) is 72.9 Å². The number of allylic oxidation sites excluding steroid dienone is 1. The van der Waals surface area contributed by atoms with Crippen LogP contribution < -0.4 is 5.73 Å². The second kappa shape index (κ2) is 23.5. The molecule has 0 saturated heterocycles. The minimum absolute atomic E-state index is 0.0119. The van der Waals surface area contributed by atoms with Crippen LogP contribution in [0.1, 0.15) is 45.9 Å². The van der Waals surface area contributed by atoms with Gasteiger partial charge in [-0.3, -0.25) is 0 Å². The first-order valence-corrected chi connectivity index (χ1v) is 9.41. The van der Waals surface area contributed by atoms with Crippen molar-refractivity contribution in [2.75, 3.05) is 13.7 Å². The summed E-state index contributed by atoms with van der Waals surface area (Å²) in [6.45, 7) is 16.5. The third-order valence-electron chi connectivity index (χ3n) is 2.37. The number of aliphatic hydroxyl groups excluding tert-OH is 1. The number of pyridine rings is 1. The molecule has 0 spiro atoms. The Morgan fingerprint density at radius 3 is 2.23 bits per heavy atom. The third kappa shape index (κ3) is 19.3. The molecule has 2 aromatic heterocycles. The maximum Gasteiger partial charge on any atom is 0.153 e. The van der Waals surface area contributed by atoms with Gasteiger partial charge >= 0.3 is 0 Å². The van der Waals surface area contributed by atoms with E-state index in [-0.39, 0.29) is 6.61 Å². The van der Waals surface area contributed by atoms with Crippen molar-refractivity contribution in [2.24, 2.45) is 10.7 Å². The number of hydrogen-bond acceptors (Lipinski definition) is 6. The second-order valence-corrected chi connectivity index (χ2v) is 5.25. The van der Waals surface area contributed by atoms with Crippen molar-refractivity contribution < 1.29 is 5.11 Å². The summed E-state index contributed by atoms with van der Waals surface area (Å²) >= 11 is 0. The van der Waals surface area contributed by atoms with E-state index in [1.165, 1.54) is 18.0 Å². The van der Waals surface area contributed by atoms with E-state index >= 15 is 0 Å². The number of nitrogens with two attached hydrogens (primary N) is 1. The van der Waals surface area contributed by atoms with Crippen LogP contribution in [0.15, 0.2) is 66.6 Å². The van der Waals surface area contributed by atoms with Crippen LogP contribution in [0.4, 0.5) is 0 Å². The third-order valence-corrected chi connectivity index (χ3v) is 2.37. The highest BCUT2D eigenvalue weighted by molar-refractivity contribution is 5.52. The molecular formula is C23H36N6O. The van der Waals surface area contributed by atoms with Crippen LogP contribution in [0.5, 0.6) is 0 Å². The van der Waals surface area contributed by atoms with E-state index < -0.39 is 0 Å². The lowest BCUT2D eigenvalue weighted by Gasteiger charge is -1.98. The lowest BCUT2D eigenvalue weighted by atomic mass is 10.3. The molecule has 0 atom stereocenters. The average molecular weight is 413 g/mol. The molecule has 0 aliphatic rings. The molecule has 0 bridgehead atoms. The summed E-state index contributed by atoms with van der Waals surface area (Å²) in [5.74, 6) is 0.646. The van der Waals surface area contributed by atoms with E-state index in [1.54, 1.807) is 48.4 Å². The van der Waals surface area contributed by atoms with E-state index in [0.717, 1.165) is 5.69 Å². The number of aliphatic imine (C=N–C) groups is 1. The van der Waals surface area contributed by atoms with Gasteiger partial charge in [0.15, 0.2) is 5.82 Å². The van der Waals surface area contributed by atoms with Crippen molar-refractivity contribution in [3.63, 3.8) is 0 Å². The summed E-state index contributed by atoms with van der Waals surface area (Å²) in [6.07, 6.45) is 9.60. The van der Waals surface area contributed by atoms with Crippen LogP contribution in [0, 0.1) is 11.3 Å². The number of aliphatic hydroxyl groups is 1. The van der Waals surface area contributed by atoms with Gasteiger partial charge in [0.1, 0.15) is 6.07 Å². The fourth-order valence-corrected chi connectivity index (χ4v) is 1.32. The second-order valence-electron chi connectivity index (χ2n) is 5.25. The van der Waals surface area contributed by atoms with Crippen LogP contribution in [-0.2, 0) is 0 Å². The highest BCUT2D eigenvalue weighted by Gasteiger charge is 2.00. The summed E-state index contributed by atoms with van der Waals surface area (Å²) in [5, 5.41) is 21.5. The molecule has 0 aliphatic heterocycles. The van der Waals surface area contributed by atoms with Gasteiger partial charge < -0.3 is 15.8 Å². The minimum atomic E-state index is -0.0119. The van der Waals surface area contributed by atoms with Crippen LogP contribution in [0.3, 0.4) is 0 Å². The molecule has 3 N–H and O–H groups in total. The topological polar surface area (TPSA) is 113 Å². The lowest BCUT2D eigenvalue weighted by Crippen LogP contribution is -1.98. The van der Waals surface area contributed by atoms with Crippen molar-refractivity contribution in [2.45, 2.75) is 34.6 Å². The first-order chi connectivity index (χ1) is 14.4. The maximum absolute atomic E-state index is 8.66. The molecule has 0 fully saturated rings. The molecule has 0 amide bonds. The summed E-state index contributed by atoms with van der Waals surface area (Å²) in [5.41, 5.74) is 7.03. The molecule has 0 unspecified atom stereocenters. The molecule has 7 nitrogen and oxygen atoms in total. The van der Waals surface area contributed by atoms with Crippen molar-refractivity contribution in [3.8, 4) is 11.9 Å². The van der Waals surface area contributed by atoms with Gasteiger partial charge in [-0.1, -0.05) is 32.1 Å². The van der Waals surface area contributed by atoms with Crippen molar-refractivity contribution in [1.82, 2.24) is 14.8 Å². The number of rotatable bonds is 3. The van der Waals surface area contributed by atoms with Gasteiger partial charge in [-0.15, -0.1) is 6.58 Å². The Kier molecular flexibility index (Phi) is 24.5. The van der Waals surface area contributed by atoms with Gasteiger partial charge in [-0.25, -0.2) is 9.67 Å². The van der Waals surface area contributed by atoms with Crippen LogP contribution >= 0.6 is 0 Å². The molecule has 30 heavy (non-hydrogen) atoms. The number of hydrogen-bond donors (Lipinski definition) is 2. The standard InChI is InChI=1S/C12H10N4O.C4H8.C3H7N.C2H5N.C2H6/c13-8-10-3-4-12(14-9-10)16-6-5-11(15-16)2-1-7-17;1-4(2)3;1-3-4-2;1-2-3;1-2/h1-6,9,17H,7H2;1H2,2-3H3;3H,1-2H3;2H,1,3H2;1-2H3/b2-1+;;;;. The Hall–Kier alpha value is -3.50. The van der Waals surface area contributed by atoms with E-state index in [1.807, 2.05) is 46.8 Å². The van der Waals surface area contributed by atoms with E-state index in [2.05, 4.69) is 34.0 Å². The fraction of sp³-hybridized carbons (Fsp3) is 0.304. The summed E-state index contributed by atoms with van der Waals surface area (Å²) in [7, 11) is 1.75. The van der Waals surface area contributed by atoms with Gasteiger partial charge in [0, 0.05) is 19.4 Å². The smallest absolute Gasteiger partial charge is 0.153 e. The highest BCUT2D eigenvalue weighted by Crippen LogP contribution is 2.06. The Labute approximate surface area is 181 Å². The molecule has 0 aliphatic carbocycles. The minimum Gasteiger partial charge on any atom is -0.405 e. The van der Waals surface area contributed by atoms with E-state index in [9.17, 15) is 0 Å². The van der Waals surface area contributed by atoms with Gasteiger partial charge in [-0.2, -0.15) is 10.4 Å². The zero-order valence-corrected chi connectivity index (χ0v) is 19.1. The van der Waals surface area contributed by atoms with Gasteiger partial charge in [0.2, 0.25) is 0 Å². The molecular weight excluding hydrogens is 376 g/mol. The Balaban J connectivity index is -0.000000466. The molecule has 164 valence electrons. The number of nitriles is 1. The molecule has 0 radical (unpaired) electrons. The summed E-state index contributed by atoms with van der Waals surface area (Å²) < 4.78 is 1.61. The zero-order chi connectivity index (χ0) is 23.8. The van der Waals surface area contributed by atoms with Crippen molar-refractivity contribution >= 4 is 12.3 Å². The van der Waals surface area contributed by atoms with Crippen LogP contribution in [-0.4, -0.2) is 39.7 Å². The van der Waals surface area contributed by atoms with E-state index in [4.69, 9.17) is 10.4 Å². The highest BCUT2D eigenvalue weighted by atomic mass is 16.2. The first kappa shape index (κ1) is 31.2. The average Bonchev–Trinajstić information content (AvgIpc) is 3.23. The SMILES string of the molecule is C=C(C)C.C=CN.CC.CC=NC.N#Cc1ccc(-n2ccc(/C=C/CO)n2)nc1. The fourth-order valence-electron chi connectivity index (χ4n) is 1.32.